The van der Waals surface area contributed by atoms with Gasteiger partial charge in [-0.3, -0.25) is 10.1 Å². The quantitative estimate of drug-likeness (QED) is 0.0636. The van der Waals surface area contributed by atoms with Gasteiger partial charge in [-0.15, -0.1) is 0 Å². The van der Waals surface area contributed by atoms with Gasteiger partial charge in [-0.05, 0) is 71.1 Å². The number of halogens is 1. The number of likely N-dealkylation sites (N-methyl/N-ethyl adjacent to an activating group) is 1. The molecule has 5 rings (SSSR count). The minimum atomic E-state index is -0.797. The van der Waals surface area contributed by atoms with Crippen molar-refractivity contribution in [2.75, 3.05) is 46.3 Å². The molecule has 1 fully saturated rings. The highest BCUT2D eigenvalue weighted by atomic mass is 127. The molecule has 0 aliphatic carbocycles. The van der Waals surface area contributed by atoms with E-state index in [-0.39, 0.29) is 17.9 Å². The number of hydrogen-bond acceptors (Lipinski definition) is 11. The van der Waals surface area contributed by atoms with E-state index in [1.165, 1.54) is 15.0 Å². The van der Waals surface area contributed by atoms with Crippen molar-refractivity contribution in [3.05, 3.63) is 78.2 Å². The molecule has 1 atom stereocenters. The van der Waals surface area contributed by atoms with Gasteiger partial charge in [0, 0.05) is 41.4 Å². The molecule has 11 nitrogen and oxygen atoms in total. The number of ether oxygens (including phenoxy) is 4. The Kier molecular flexibility index (Phi) is 10.3. The molecule has 43 heavy (non-hydrogen) atoms. The molecule has 0 spiro atoms. The van der Waals surface area contributed by atoms with Crippen LogP contribution in [0.2, 0.25) is 0 Å². The summed E-state index contributed by atoms with van der Waals surface area (Å²) >= 11 is 2.11. The number of fused-ring (bicyclic) bond motifs is 3. The van der Waals surface area contributed by atoms with Crippen molar-refractivity contribution in [1.82, 2.24) is 4.90 Å². The fraction of sp³-hybridized carbons (Fsp3) is 0.467. The summed E-state index contributed by atoms with van der Waals surface area (Å²) in [5, 5.41) is 12.9. The summed E-state index contributed by atoms with van der Waals surface area (Å²) in [5.74, 6) is 0.168. The zero-order valence-corrected chi connectivity index (χ0v) is 27.2. The lowest BCUT2D eigenvalue weighted by molar-refractivity contribution is -0.385. The van der Waals surface area contributed by atoms with E-state index in [2.05, 4.69) is 26.1 Å². The fourth-order valence-corrected chi connectivity index (χ4v) is 6.46. The number of esters is 1. The van der Waals surface area contributed by atoms with Crippen molar-refractivity contribution in [3.8, 4) is 5.75 Å². The molecule has 0 N–H and O–H groups in total. The minimum Gasteiger partial charge on any atom is -0.496 e. The molecule has 2 aliphatic heterocycles. The molecular weight excluding hydrogens is 691 g/mol. The van der Waals surface area contributed by atoms with E-state index < -0.39 is 28.7 Å². The molecular formula is C30H33IN2O9S. The number of carbonyl (C=O) groups excluding carboxylic acids is 1. The fourth-order valence-electron chi connectivity index (χ4n) is 5.78. The van der Waals surface area contributed by atoms with Crippen LogP contribution in [-0.2, 0) is 33.6 Å². The maximum atomic E-state index is 13.2. The standard InChI is InChI=1S/C30H33IN2O9S/c1-17(19-6-5-18(14-24(19)33(36)37)28(34)39-11-12-43-31)13-22-25(38-3)15-21-20-7-8-32(2)16-23(20)29(35)42-27(21)26(22)30-40-9-4-10-41-30/h5-6,14-15,17,30H,4,7-13,16H2,1-3H3. The maximum Gasteiger partial charge on any atom is 0.341 e. The number of benzene rings is 2. The van der Waals surface area contributed by atoms with E-state index in [0.717, 1.165) is 23.9 Å². The molecule has 0 saturated carbocycles. The lowest BCUT2D eigenvalue weighted by Gasteiger charge is -2.29. The van der Waals surface area contributed by atoms with Gasteiger partial charge < -0.3 is 28.3 Å². The highest BCUT2D eigenvalue weighted by Gasteiger charge is 2.32. The monoisotopic (exact) mass is 724 g/mol. The summed E-state index contributed by atoms with van der Waals surface area (Å²) in [5.41, 5.74) is 3.17. The molecule has 1 unspecified atom stereocenters. The molecule has 1 aromatic heterocycles. The maximum absolute atomic E-state index is 13.2. The summed E-state index contributed by atoms with van der Waals surface area (Å²) in [6, 6.07) is 6.30. The van der Waals surface area contributed by atoms with Gasteiger partial charge >= 0.3 is 11.6 Å². The highest BCUT2D eigenvalue weighted by molar-refractivity contribution is 14.2. The lowest BCUT2D eigenvalue weighted by Crippen LogP contribution is -2.31. The zero-order valence-electron chi connectivity index (χ0n) is 24.2. The second-order valence-corrected chi connectivity index (χ2v) is 13.2. The van der Waals surface area contributed by atoms with Gasteiger partial charge in [0.1, 0.15) is 17.9 Å². The largest absolute Gasteiger partial charge is 0.496 e. The third-order valence-electron chi connectivity index (χ3n) is 7.87. The summed E-state index contributed by atoms with van der Waals surface area (Å²) in [4.78, 5) is 39.5. The van der Waals surface area contributed by atoms with E-state index in [0.29, 0.717) is 71.9 Å². The predicted octanol–water partition coefficient (Wildman–Crippen LogP) is 5.72. The van der Waals surface area contributed by atoms with Crippen LogP contribution in [0.5, 0.6) is 5.75 Å². The average Bonchev–Trinajstić information content (AvgIpc) is 3.01. The molecule has 0 amide bonds. The van der Waals surface area contributed by atoms with Gasteiger partial charge in [0.2, 0.25) is 0 Å². The van der Waals surface area contributed by atoms with Crippen LogP contribution in [0.1, 0.15) is 63.7 Å². The van der Waals surface area contributed by atoms with E-state index in [4.69, 9.17) is 23.4 Å². The Hall–Kier alpha value is -2.72. The topological polar surface area (TPSA) is 131 Å². The van der Waals surface area contributed by atoms with E-state index in [1.54, 1.807) is 19.2 Å². The first-order chi connectivity index (χ1) is 20.7. The van der Waals surface area contributed by atoms with Crippen molar-refractivity contribution in [1.29, 1.82) is 0 Å². The molecule has 0 radical (unpaired) electrons. The molecule has 3 heterocycles. The van der Waals surface area contributed by atoms with Gasteiger partial charge in [-0.1, -0.05) is 21.9 Å². The smallest absolute Gasteiger partial charge is 0.341 e. The van der Waals surface area contributed by atoms with Crippen LogP contribution in [0.3, 0.4) is 0 Å². The third kappa shape index (κ3) is 6.70. The number of hydrogen-bond donors (Lipinski definition) is 0. The molecule has 1 saturated heterocycles. The number of nitro benzene ring substituents is 1. The lowest BCUT2D eigenvalue weighted by atomic mass is 9.87. The second kappa shape index (κ2) is 13.9. The normalized spacial score (nSPS) is 16.6. The SMILES string of the molecule is COc1cc2c3c(c(=O)oc2c(C2OCCCO2)c1CC(C)c1ccc(C(=O)OCCSI)cc1[N+](=O)[O-])CN(C)CC3. The molecule has 3 aromatic rings. The van der Waals surface area contributed by atoms with Gasteiger partial charge in [0.25, 0.3) is 5.69 Å². The Balaban J connectivity index is 1.60. The van der Waals surface area contributed by atoms with Crippen molar-refractivity contribution < 1.29 is 33.1 Å². The first kappa shape index (κ1) is 31.7. The van der Waals surface area contributed by atoms with E-state index in [9.17, 15) is 19.7 Å². The van der Waals surface area contributed by atoms with Crippen molar-refractivity contribution in [3.63, 3.8) is 0 Å². The Bertz CT molecular complexity index is 1590. The molecule has 230 valence electrons. The van der Waals surface area contributed by atoms with Crippen molar-refractivity contribution in [2.24, 2.45) is 0 Å². The molecule has 0 bridgehead atoms. The number of nitrogens with zero attached hydrogens (tertiary/aromatic N) is 2. The van der Waals surface area contributed by atoms with Gasteiger partial charge in [-0.25, -0.2) is 9.59 Å². The van der Waals surface area contributed by atoms with E-state index in [1.807, 2.05) is 20.0 Å². The summed E-state index contributed by atoms with van der Waals surface area (Å²) < 4.78 is 29.2. The van der Waals surface area contributed by atoms with Crippen molar-refractivity contribution >= 4 is 52.8 Å². The summed E-state index contributed by atoms with van der Waals surface area (Å²) in [6.07, 6.45) is 0.900. The van der Waals surface area contributed by atoms with Crippen LogP contribution in [0, 0.1) is 10.1 Å². The van der Waals surface area contributed by atoms with Crippen LogP contribution in [-0.4, -0.2) is 62.1 Å². The third-order valence-corrected chi connectivity index (χ3v) is 9.51. The molecule has 2 aliphatic rings. The number of carbonyl (C=O) groups is 1. The molecule has 13 heteroatoms. The zero-order chi connectivity index (χ0) is 30.7. The first-order valence-corrected chi connectivity index (χ1v) is 17.5. The highest BCUT2D eigenvalue weighted by Crippen LogP contribution is 2.42. The minimum absolute atomic E-state index is 0.117. The van der Waals surface area contributed by atoms with Crippen molar-refractivity contribution in [2.45, 2.75) is 44.9 Å². The van der Waals surface area contributed by atoms with Gasteiger partial charge in [0.15, 0.2) is 6.29 Å². The van der Waals surface area contributed by atoms with Crippen LogP contribution in [0.4, 0.5) is 5.69 Å². The number of nitro groups is 1. The summed E-state index contributed by atoms with van der Waals surface area (Å²) in [7, 11) is 5.04. The Morgan fingerprint density at radius 3 is 2.72 bits per heavy atom. The number of methoxy groups -OCH3 is 1. The van der Waals surface area contributed by atoms with E-state index >= 15 is 0 Å². The first-order valence-electron chi connectivity index (χ1n) is 14.0. The van der Waals surface area contributed by atoms with Crippen LogP contribution < -0.4 is 10.4 Å². The Morgan fingerprint density at radius 2 is 2.02 bits per heavy atom. The number of rotatable bonds is 10. The van der Waals surface area contributed by atoms with Crippen LogP contribution >= 0.6 is 30.1 Å². The Morgan fingerprint density at radius 1 is 1.26 bits per heavy atom. The summed E-state index contributed by atoms with van der Waals surface area (Å²) in [6.45, 7) is 4.31. The van der Waals surface area contributed by atoms with Crippen LogP contribution in [0.15, 0.2) is 33.5 Å². The average molecular weight is 725 g/mol. The molecule has 2 aromatic carbocycles. The Labute approximate surface area is 264 Å². The van der Waals surface area contributed by atoms with Crippen LogP contribution in [0.25, 0.3) is 11.0 Å². The predicted molar refractivity (Wildman–Crippen MR) is 170 cm³/mol. The van der Waals surface area contributed by atoms with Gasteiger partial charge in [-0.2, -0.15) is 0 Å². The second-order valence-electron chi connectivity index (χ2n) is 10.7. The van der Waals surface area contributed by atoms with Gasteiger partial charge in [0.05, 0.1) is 41.9 Å².